The van der Waals surface area contributed by atoms with Crippen LogP contribution >= 0.6 is 0 Å². The molecule has 4 heteroatoms. The molecule has 0 saturated carbocycles. The number of benzene rings is 1. The summed E-state index contributed by atoms with van der Waals surface area (Å²) in [6, 6.07) is 6.09. The summed E-state index contributed by atoms with van der Waals surface area (Å²) in [6.07, 6.45) is 0.607. The fourth-order valence-electron chi connectivity index (χ4n) is 1.32. The Kier molecular flexibility index (Phi) is 4.17. The number of nitrogens with zero attached hydrogens (tertiary/aromatic N) is 1. The molecule has 1 aromatic carbocycles. The van der Waals surface area contributed by atoms with Crippen LogP contribution < -0.4 is 0 Å². The first-order valence-electron chi connectivity index (χ1n) is 5.01. The molecule has 0 radical (unpaired) electrons. The summed E-state index contributed by atoms with van der Waals surface area (Å²) in [5.74, 6) is -1.25. The molecule has 0 heterocycles. The Bertz CT molecular complexity index is 387. The average molecular weight is 223 g/mol. The molecule has 0 bridgehead atoms. The second-order valence-electron chi connectivity index (χ2n) is 3.66. The maximum absolute atomic E-state index is 12.6. The van der Waals surface area contributed by atoms with Crippen LogP contribution in [0.5, 0.6) is 0 Å². The number of carbonyl (C=O) groups is 2. The lowest BCUT2D eigenvalue weighted by atomic mass is 10.1. The fourth-order valence-corrected chi connectivity index (χ4v) is 1.32. The van der Waals surface area contributed by atoms with E-state index in [1.165, 1.54) is 24.0 Å². The number of halogens is 1. The van der Waals surface area contributed by atoms with Gasteiger partial charge in [0.1, 0.15) is 5.82 Å². The highest BCUT2D eigenvalue weighted by atomic mass is 19.1. The van der Waals surface area contributed by atoms with E-state index in [-0.39, 0.29) is 5.82 Å². The number of amides is 1. The molecule has 0 N–H and O–H groups in total. The Morgan fingerprint density at radius 3 is 2.31 bits per heavy atom. The van der Waals surface area contributed by atoms with E-state index in [0.717, 1.165) is 5.56 Å². The summed E-state index contributed by atoms with van der Waals surface area (Å²) in [5, 5.41) is 0. The van der Waals surface area contributed by atoms with Crippen LogP contribution in [0.2, 0.25) is 0 Å². The van der Waals surface area contributed by atoms with Gasteiger partial charge in [-0.1, -0.05) is 12.1 Å². The average Bonchev–Trinajstić information content (AvgIpc) is 2.26. The molecule has 1 amide bonds. The minimum atomic E-state index is -0.498. The molecule has 1 rings (SSSR count). The normalized spacial score (nSPS) is 9.94. The molecule has 0 saturated heterocycles. The van der Waals surface area contributed by atoms with E-state index in [0.29, 0.717) is 13.0 Å². The van der Waals surface area contributed by atoms with E-state index in [2.05, 4.69) is 0 Å². The fraction of sp³-hybridized carbons (Fsp3) is 0.333. The van der Waals surface area contributed by atoms with Gasteiger partial charge in [-0.2, -0.15) is 0 Å². The predicted octanol–water partition coefficient (Wildman–Crippen LogP) is 1.42. The maximum Gasteiger partial charge on any atom is 0.289 e. The maximum atomic E-state index is 12.6. The second kappa shape index (κ2) is 5.39. The quantitative estimate of drug-likeness (QED) is 0.724. The number of carbonyl (C=O) groups excluding carboxylic acids is 2. The van der Waals surface area contributed by atoms with Gasteiger partial charge in [0.05, 0.1) is 0 Å². The van der Waals surface area contributed by atoms with Crippen molar-refractivity contribution < 1.29 is 14.0 Å². The van der Waals surface area contributed by atoms with Crippen LogP contribution in [0.4, 0.5) is 4.39 Å². The number of hydrogen-bond acceptors (Lipinski definition) is 2. The molecule has 16 heavy (non-hydrogen) atoms. The molecule has 0 aliphatic rings. The third kappa shape index (κ3) is 3.46. The standard InChI is InChI=1S/C12H14FNO2/c1-9(15)12(16)14(2)8-7-10-3-5-11(13)6-4-10/h3-6H,7-8H2,1-2H3. The second-order valence-corrected chi connectivity index (χ2v) is 3.66. The van der Waals surface area contributed by atoms with E-state index in [1.807, 2.05) is 0 Å². The molecule has 3 nitrogen and oxygen atoms in total. The van der Waals surface area contributed by atoms with Gasteiger partial charge in [-0.05, 0) is 24.1 Å². The van der Waals surface area contributed by atoms with Gasteiger partial charge in [0.15, 0.2) is 0 Å². The van der Waals surface area contributed by atoms with Crippen molar-refractivity contribution in [3.05, 3.63) is 35.6 Å². The summed E-state index contributed by atoms with van der Waals surface area (Å²) >= 11 is 0. The topological polar surface area (TPSA) is 37.4 Å². The smallest absolute Gasteiger partial charge is 0.289 e. The van der Waals surface area contributed by atoms with E-state index >= 15 is 0 Å². The molecule has 0 aliphatic heterocycles. The van der Waals surface area contributed by atoms with Crippen molar-refractivity contribution >= 4 is 11.7 Å². The van der Waals surface area contributed by atoms with Gasteiger partial charge in [-0.3, -0.25) is 9.59 Å². The Balaban J connectivity index is 2.48. The van der Waals surface area contributed by atoms with Crippen molar-refractivity contribution in [2.45, 2.75) is 13.3 Å². The van der Waals surface area contributed by atoms with Crippen LogP contribution in [-0.4, -0.2) is 30.2 Å². The summed E-state index contributed by atoms with van der Waals surface area (Å²) in [4.78, 5) is 23.4. The van der Waals surface area contributed by atoms with Crippen molar-refractivity contribution in [2.24, 2.45) is 0 Å². The Hall–Kier alpha value is -1.71. The van der Waals surface area contributed by atoms with Crippen LogP contribution in [-0.2, 0) is 16.0 Å². The number of rotatable bonds is 4. The van der Waals surface area contributed by atoms with E-state index in [9.17, 15) is 14.0 Å². The molecule has 1 aromatic rings. The zero-order valence-corrected chi connectivity index (χ0v) is 9.37. The lowest BCUT2D eigenvalue weighted by Gasteiger charge is -2.14. The zero-order valence-electron chi connectivity index (χ0n) is 9.37. The van der Waals surface area contributed by atoms with Crippen LogP contribution in [0.25, 0.3) is 0 Å². The molecule has 0 fully saturated rings. The molecular weight excluding hydrogens is 209 g/mol. The first kappa shape index (κ1) is 12.4. The third-order valence-electron chi connectivity index (χ3n) is 2.30. The summed E-state index contributed by atoms with van der Waals surface area (Å²) in [7, 11) is 1.58. The monoisotopic (exact) mass is 223 g/mol. The van der Waals surface area contributed by atoms with Crippen LogP contribution in [0.1, 0.15) is 12.5 Å². The van der Waals surface area contributed by atoms with Gasteiger partial charge in [0.25, 0.3) is 5.91 Å². The Morgan fingerprint density at radius 2 is 1.81 bits per heavy atom. The molecule has 0 atom stereocenters. The number of Topliss-reactive ketones (excluding diaryl/α,β-unsaturated/α-hetero) is 1. The highest BCUT2D eigenvalue weighted by Crippen LogP contribution is 2.04. The minimum absolute atomic E-state index is 0.281. The van der Waals surface area contributed by atoms with E-state index in [4.69, 9.17) is 0 Å². The van der Waals surface area contributed by atoms with E-state index in [1.54, 1.807) is 19.2 Å². The zero-order chi connectivity index (χ0) is 12.1. The van der Waals surface area contributed by atoms with Crippen LogP contribution in [0, 0.1) is 5.82 Å². The van der Waals surface area contributed by atoms with Crippen molar-refractivity contribution in [2.75, 3.05) is 13.6 Å². The largest absolute Gasteiger partial charge is 0.339 e. The van der Waals surface area contributed by atoms with Crippen molar-refractivity contribution in [1.29, 1.82) is 0 Å². The molecule has 86 valence electrons. The summed E-state index contributed by atoms with van der Waals surface area (Å²) in [6.45, 7) is 1.70. The van der Waals surface area contributed by atoms with E-state index < -0.39 is 11.7 Å². The molecular formula is C12H14FNO2. The molecule has 0 spiro atoms. The minimum Gasteiger partial charge on any atom is -0.339 e. The Labute approximate surface area is 93.9 Å². The van der Waals surface area contributed by atoms with Crippen molar-refractivity contribution in [3.8, 4) is 0 Å². The predicted molar refractivity (Wildman–Crippen MR) is 58.4 cm³/mol. The Morgan fingerprint density at radius 1 is 1.25 bits per heavy atom. The lowest BCUT2D eigenvalue weighted by molar-refractivity contribution is -0.142. The summed E-state index contributed by atoms with van der Waals surface area (Å²) in [5.41, 5.74) is 0.935. The van der Waals surface area contributed by atoms with Crippen LogP contribution in [0.15, 0.2) is 24.3 Å². The first-order chi connectivity index (χ1) is 7.50. The lowest BCUT2D eigenvalue weighted by Crippen LogP contribution is -2.33. The van der Waals surface area contributed by atoms with Gasteiger partial charge in [-0.25, -0.2) is 4.39 Å². The third-order valence-corrected chi connectivity index (χ3v) is 2.30. The number of likely N-dealkylation sites (N-methyl/N-ethyl adjacent to an activating group) is 1. The van der Waals surface area contributed by atoms with Gasteiger partial charge in [0.2, 0.25) is 5.78 Å². The summed E-state index contributed by atoms with van der Waals surface area (Å²) < 4.78 is 12.6. The number of hydrogen-bond donors (Lipinski definition) is 0. The highest BCUT2D eigenvalue weighted by Gasteiger charge is 2.12. The van der Waals surface area contributed by atoms with Gasteiger partial charge >= 0.3 is 0 Å². The van der Waals surface area contributed by atoms with Gasteiger partial charge in [-0.15, -0.1) is 0 Å². The van der Waals surface area contributed by atoms with Crippen molar-refractivity contribution in [3.63, 3.8) is 0 Å². The number of ketones is 1. The first-order valence-corrected chi connectivity index (χ1v) is 5.01. The van der Waals surface area contributed by atoms with Gasteiger partial charge in [0, 0.05) is 20.5 Å². The van der Waals surface area contributed by atoms with Crippen LogP contribution in [0.3, 0.4) is 0 Å². The molecule has 0 unspecified atom stereocenters. The highest BCUT2D eigenvalue weighted by molar-refractivity contribution is 6.34. The molecule has 0 aromatic heterocycles. The SMILES string of the molecule is CC(=O)C(=O)N(C)CCc1ccc(F)cc1. The van der Waals surface area contributed by atoms with Crippen molar-refractivity contribution in [1.82, 2.24) is 4.90 Å². The van der Waals surface area contributed by atoms with Gasteiger partial charge < -0.3 is 4.90 Å². The molecule has 0 aliphatic carbocycles.